The Hall–Kier alpha value is -3.42. The number of ether oxygens (including phenoxy) is 2. The standard InChI is InChI=1S/C33H42N6O4.2BrH/c1-27-24-29(26-39(4,5)19-7-9-21-41-33-17-23-43-37-33)12-15-31(27)35-34-30-13-10-28(11-14-30)25-38(2,3)18-6-8-20-40-32-16-22-42-36-32;;/h10-15,24H,16-23,25-26H2,1-5H3;2*1H/q+2;;/p-2. The smallest absolute Gasteiger partial charge is 0.230 e. The Balaban J connectivity index is 0.00000353. The second-order valence-electron chi connectivity index (χ2n) is 11.9. The van der Waals surface area contributed by atoms with Crippen LogP contribution in [0.3, 0.4) is 0 Å². The van der Waals surface area contributed by atoms with Crippen LogP contribution in [0, 0.1) is 30.6 Å². The molecule has 45 heavy (non-hydrogen) atoms. The lowest BCUT2D eigenvalue weighted by molar-refractivity contribution is -0.896. The van der Waals surface area contributed by atoms with Gasteiger partial charge < -0.3 is 62.1 Å². The van der Waals surface area contributed by atoms with Gasteiger partial charge in [0.25, 0.3) is 0 Å². The summed E-state index contributed by atoms with van der Waals surface area (Å²) in [5.74, 6) is 13.8. The Labute approximate surface area is 288 Å². The van der Waals surface area contributed by atoms with Gasteiger partial charge >= 0.3 is 0 Å². The van der Waals surface area contributed by atoms with Crippen LogP contribution in [0.1, 0.15) is 29.5 Å². The van der Waals surface area contributed by atoms with E-state index in [-0.39, 0.29) is 34.0 Å². The lowest BCUT2D eigenvalue weighted by atomic mass is 10.1. The van der Waals surface area contributed by atoms with E-state index in [1.54, 1.807) is 0 Å². The highest BCUT2D eigenvalue weighted by Crippen LogP contribution is 2.25. The van der Waals surface area contributed by atoms with Crippen LogP contribution in [-0.2, 0) is 32.2 Å². The normalized spacial score (nSPS) is 13.9. The molecule has 0 aromatic heterocycles. The monoisotopic (exact) mass is 744 g/mol. The molecule has 12 heteroatoms. The number of halogens is 2. The maximum Gasteiger partial charge on any atom is 0.230 e. The van der Waals surface area contributed by atoms with Gasteiger partial charge in [-0.25, -0.2) is 0 Å². The minimum atomic E-state index is 0. The molecular formula is C33H42Br2N6O4. The van der Waals surface area contributed by atoms with E-state index in [0.717, 1.165) is 39.0 Å². The third kappa shape index (κ3) is 13.6. The molecule has 0 amide bonds. The van der Waals surface area contributed by atoms with Crippen molar-refractivity contribution in [2.24, 2.45) is 20.5 Å². The van der Waals surface area contributed by atoms with Gasteiger partial charge in [-0.15, -0.1) is 0 Å². The van der Waals surface area contributed by atoms with E-state index < -0.39 is 0 Å². The summed E-state index contributed by atoms with van der Waals surface area (Å²) in [7, 11) is 8.67. The molecule has 10 nitrogen and oxygen atoms in total. The molecule has 2 aliphatic rings. The van der Waals surface area contributed by atoms with E-state index in [2.05, 4.69) is 104 Å². The molecule has 0 unspecified atom stereocenters. The molecule has 0 fully saturated rings. The van der Waals surface area contributed by atoms with Gasteiger partial charge in [0, 0.05) is 11.1 Å². The first-order valence-corrected chi connectivity index (χ1v) is 14.5. The first-order chi connectivity index (χ1) is 20.7. The molecule has 0 N–H and O–H groups in total. The van der Waals surface area contributed by atoms with E-state index in [0.29, 0.717) is 64.2 Å². The predicted octanol–water partition coefficient (Wildman–Crippen LogP) is -0.921. The van der Waals surface area contributed by atoms with Crippen molar-refractivity contribution in [2.45, 2.75) is 32.9 Å². The average molecular weight is 747 g/mol. The van der Waals surface area contributed by atoms with Crippen molar-refractivity contribution in [1.82, 2.24) is 0 Å². The fourth-order valence-corrected chi connectivity index (χ4v) is 4.48. The highest BCUT2D eigenvalue weighted by atomic mass is 79.9. The second kappa shape index (κ2) is 18.5. The molecule has 0 radical (unpaired) electrons. The first kappa shape index (κ1) is 37.8. The van der Waals surface area contributed by atoms with Crippen LogP contribution in [0.4, 0.5) is 11.4 Å². The van der Waals surface area contributed by atoms with Crippen molar-refractivity contribution in [3.63, 3.8) is 0 Å². The molecule has 0 aliphatic carbocycles. The molecule has 242 valence electrons. The van der Waals surface area contributed by atoms with Gasteiger partial charge in [-0.1, -0.05) is 40.4 Å². The first-order valence-electron chi connectivity index (χ1n) is 14.5. The van der Waals surface area contributed by atoms with Crippen LogP contribution in [0.25, 0.3) is 0 Å². The third-order valence-corrected chi connectivity index (χ3v) is 6.73. The molecule has 0 spiro atoms. The number of hydrogen-bond acceptors (Lipinski definition) is 8. The Morgan fingerprint density at radius 2 is 1.22 bits per heavy atom. The van der Waals surface area contributed by atoms with Crippen molar-refractivity contribution < 1.29 is 62.1 Å². The lowest BCUT2D eigenvalue weighted by Crippen LogP contribution is -3.00. The number of nitrogens with zero attached hydrogens (tertiary/aromatic N) is 6. The van der Waals surface area contributed by atoms with Gasteiger partial charge in [0.15, 0.2) is 13.2 Å². The molecular weight excluding hydrogens is 704 g/mol. The maximum absolute atomic E-state index is 5.49. The van der Waals surface area contributed by atoms with Crippen molar-refractivity contribution in [2.75, 3.05) is 67.7 Å². The van der Waals surface area contributed by atoms with Crippen molar-refractivity contribution >= 4 is 23.2 Å². The quantitative estimate of drug-likeness (QED) is 0.179. The number of aryl methyl sites for hydroxylation is 1. The van der Waals surface area contributed by atoms with Gasteiger partial charge in [-0.2, -0.15) is 10.2 Å². The number of hydrogen-bond donors (Lipinski definition) is 0. The summed E-state index contributed by atoms with van der Waals surface area (Å²) in [4.78, 5) is 9.84. The van der Waals surface area contributed by atoms with Crippen LogP contribution < -0.4 is 34.0 Å². The second-order valence-corrected chi connectivity index (χ2v) is 11.9. The van der Waals surface area contributed by atoms with E-state index in [9.17, 15) is 0 Å². The highest BCUT2D eigenvalue weighted by Gasteiger charge is 2.16. The number of benzene rings is 2. The third-order valence-electron chi connectivity index (χ3n) is 6.73. The Morgan fingerprint density at radius 3 is 1.71 bits per heavy atom. The highest BCUT2D eigenvalue weighted by molar-refractivity contribution is 5.77. The zero-order chi connectivity index (χ0) is 30.5. The summed E-state index contributed by atoms with van der Waals surface area (Å²) in [6, 6.07) is 14.6. The minimum absolute atomic E-state index is 0. The zero-order valence-corrected chi connectivity index (χ0v) is 29.9. The van der Waals surface area contributed by atoms with Crippen molar-refractivity contribution in [3.8, 4) is 23.7 Å². The number of oxime groups is 2. The largest absolute Gasteiger partial charge is 1.00 e. The summed E-state index contributed by atoms with van der Waals surface area (Å²) in [6.45, 7) is 7.05. The minimum Gasteiger partial charge on any atom is -1.00 e. The molecule has 2 aliphatic heterocycles. The van der Waals surface area contributed by atoms with Crippen LogP contribution in [0.15, 0.2) is 63.0 Å². The summed E-state index contributed by atoms with van der Waals surface area (Å²) < 4.78 is 12.5. The van der Waals surface area contributed by atoms with Gasteiger partial charge in [-0.05, 0) is 48.6 Å². The predicted molar refractivity (Wildman–Crippen MR) is 167 cm³/mol. The van der Waals surface area contributed by atoms with Gasteiger partial charge in [0.05, 0.1) is 52.4 Å². The number of azo groups is 1. The summed E-state index contributed by atoms with van der Waals surface area (Å²) in [5, 5.41) is 16.6. The maximum atomic E-state index is 5.49. The van der Waals surface area contributed by atoms with Gasteiger partial charge in [0.1, 0.15) is 39.4 Å². The fourth-order valence-electron chi connectivity index (χ4n) is 4.48. The van der Waals surface area contributed by atoms with Crippen LogP contribution >= 0.6 is 0 Å². The summed E-state index contributed by atoms with van der Waals surface area (Å²) in [6.07, 6.45) is 1.43. The Bertz CT molecular complexity index is 1470. The van der Waals surface area contributed by atoms with E-state index in [4.69, 9.17) is 19.1 Å². The SMILES string of the molecule is Cc1cc(C[N+](C)(C)CC#CCOC2=NOCC2)ccc1N=Nc1ccc(C[N+](C)(C)CC#CCOC2=NOCC2)cc1.[Br-].[Br-]. The molecule has 2 aromatic carbocycles. The Morgan fingerprint density at radius 1 is 0.711 bits per heavy atom. The molecule has 0 bridgehead atoms. The van der Waals surface area contributed by atoms with Crippen molar-refractivity contribution in [1.29, 1.82) is 0 Å². The zero-order valence-electron chi connectivity index (χ0n) is 26.7. The topological polar surface area (TPSA) is 86.4 Å². The number of quaternary nitrogens is 2. The van der Waals surface area contributed by atoms with E-state index in [1.807, 2.05) is 18.2 Å². The average Bonchev–Trinajstić information content (AvgIpc) is 3.67. The molecule has 4 rings (SSSR count). The molecule has 0 atom stereocenters. The van der Waals surface area contributed by atoms with Gasteiger partial charge in [0.2, 0.25) is 11.8 Å². The Kier molecular flexibility index (Phi) is 15.5. The summed E-state index contributed by atoms with van der Waals surface area (Å²) >= 11 is 0. The van der Waals surface area contributed by atoms with Crippen LogP contribution in [0.2, 0.25) is 0 Å². The van der Waals surface area contributed by atoms with E-state index >= 15 is 0 Å². The lowest BCUT2D eigenvalue weighted by Gasteiger charge is -2.27. The van der Waals surface area contributed by atoms with E-state index in [1.165, 1.54) is 11.1 Å². The van der Waals surface area contributed by atoms with Crippen LogP contribution in [-0.4, -0.2) is 88.5 Å². The molecule has 2 heterocycles. The van der Waals surface area contributed by atoms with Gasteiger partial charge in [-0.3, -0.25) is 0 Å². The molecule has 0 saturated heterocycles. The number of rotatable bonds is 10. The molecule has 0 saturated carbocycles. The van der Waals surface area contributed by atoms with Crippen molar-refractivity contribution in [3.05, 3.63) is 59.2 Å². The van der Waals surface area contributed by atoms with Crippen LogP contribution in [0.5, 0.6) is 0 Å². The molecule has 2 aromatic rings. The fraction of sp³-hybridized carbons (Fsp3) is 0.455. The summed E-state index contributed by atoms with van der Waals surface area (Å²) in [5.41, 5.74) is 5.22.